The predicted molar refractivity (Wildman–Crippen MR) is 123 cm³/mol. The molecule has 0 fully saturated rings. The van der Waals surface area contributed by atoms with Crippen LogP contribution in [0.25, 0.3) is 21.7 Å². The number of aromatic nitrogens is 4. The third-order valence-electron chi connectivity index (χ3n) is 4.69. The first-order valence-electron chi connectivity index (χ1n) is 9.64. The highest BCUT2D eigenvalue weighted by Gasteiger charge is 2.17. The van der Waals surface area contributed by atoms with Crippen molar-refractivity contribution in [2.24, 2.45) is 0 Å². The van der Waals surface area contributed by atoms with Crippen LogP contribution in [0.15, 0.2) is 38.6 Å². The van der Waals surface area contributed by atoms with Gasteiger partial charge in [0.05, 0.1) is 21.5 Å². The predicted octanol–water partition coefficient (Wildman–Crippen LogP) is 5.91. The van der Waals surface area contributed by atoms with E-state index in [4.69, 9.17) is 16.0 Å². The van der Waals surface area contributed by atoms with Crippen LogP contribution in [-0.4, -0.2) is 19.7 Å². The number of hydrogen-bond donors (Lipinski definition) is 0. The number of rotatable bonds is 6. The van der Waals surface area contributed by atoms with Gasteiger partial charge in [-0.1, -0.05) is 30.3 Å². The van der Waals surface area contributed by atoms with Crippen LogP contribution in [0.5, 0.6) is 0 Å². The Kier molecular flexibility index (Phi) is 5.99. The van der Waals surface area contributed by atoms with Gasteiger partial charge < -0.3 is 4.42 Å². The lowest BCUT2D eigenvalue weighted by molar-refractivity contribution is 0.514. The number of fused-ring (bicyclic) bond motifs is 1. The van der Waals surface area contributed by atoms with Crippen molar-refractivity contribution in [2.75, 3.05) is 0 Å². The maximum atomic E-state index is 13.0. The molecule has 3 heterocycles. The fraction of sp³-hybridized carbons (Fsp3) is 0.333. The van der Waals surface area contributed by atoms with E-state index in [9.17, 15) is 4.79 Å². The van der Waals surface area contributed by atoms with Crippen LogP contribution >= 0.6 is 34.7 Å². The summed E-state index contributed by atoms with van der Waals surface area (Å²) in [6.07, 6.45) is 0.984. The second-order valence-electron chi connectivity index (χ2n) is 7.18. The second-order valence-corrected chi connectivity index (χ2v) is 9.70. The lowest BCUT2D eigenvalue weighted by Gasteiger charge is -2.15. The molecule has 0 unspecified atom stereocenters. The lowest BCUT2D eigenvalue weighted by atomic mass is 10.2. The summed E-state index contributed by atoms with van der Waals surface area (Å²) in [5.41, 5.74) is 1.74. The number of hydrogen-bond acceptors (Lipinski definition) is 7. The largest absolute Gasteiger partial charge is 0.419 e. The van der Waals surface area contributed by atoms with Crippen molar-refractivity contribution < 1.29 is 4.42 Å². The molecule has 4 aromatic rings. The first kappa shape index (κ1) is 21.1. The molecule has 0 bridgehead atoms. The third-order valence-corrected chi connectivity index (χ3v) is 7.23. The average Bonchev–Trinajstić information content (AvgIpc) is 3.32. The fourth-order valence-electron chi connectivity index (χ4n) is 3.22. The van der Waals surface area contributed by atoms with Crippen LogP contribution in [0, 0.1) is 6.92 Å². The molecular formula is C21H21ClN4O2S2. The van der Waals surface area contributed by atoms with E-state index in [0.29, 0.717) is 38.6 Å². The minimum atomic E-state index is -0.0819. The first-order chi connectivity index (χ1) is 14.4. The summed E-state index contributed by atoms with van der Waals surface area (Å²) < 4.78 is 7.56. The van der Waals surface area contributed by atoms with Gasteiger partial charge in [0.1, 0.15) is 0 Å². The fourth-order valence-corrected chi connectivity index (χ4v) is 5.39. The zero-order valence-corrected chi connectivity index (χ0v) is 19.5. The first-order valence-corrected chi connectivity index (χ1v) is 11.8. The van der Waals surface area contributed by atoms with Gasteiger partial charge in [-0.05, 0) is 57.0 Å². The molecule has 3 aromatic heterocycles. The Bertz CT molecular complexity index is 1280. The van der Waals surface area contributed by atoms with Crippen molar-refractivity contribution in [3.63, 3.8) is 0 Å². The molecule has 0 amide bonds. The standard InChI is InChI=1S/C21H21ClN4O2S2/c1-5-16-12(4)8-17(30-16)19-25-24-18(28-19)10-29-21-23-15-9-13(22)6-7-14(15)20(27)26(21)11(2)3/h6-9,11H,5,10H2,1-4H3. The number of thioether (sulfide) groups is 1. The molecule has 0 radical (unpaired) electrons. The Labute approximate surface area is 187 Å². The van der Waals surface area contributed by atoms with Crippen LogP contribution in [0.2, 0.25) is 5.02 Å². The van der Waals surface area contributed by atoms with Gasteiger partial charge in [-0.15, -0.1) is 21.5 Å². The zero-order valence-electron chi connectivity index (χ0n) is 17.1. The smallest absolute Gasteiger partial charge is 0.262 e. The number of benzene rings is 1. The van der Waals surface area contributed by atoms with Crippen LogP contribution < -0.4 is 5.56 Å². The number of nitrogens with zero attached hydrogens (tertiary/aromatic N) is 4. The molecule has 1 aromatic carbocycles. The molecule has 0 spiro atoms. The third kappa shape index (κ3) is 4.04. The Balaban J connectivity index is 1.63. The summed E-state index contributed by atoms with van der Waals surface area (Å²) in [5, 5.41) is 10.1. The van der Waals surface area contributed by atoms with Gasteiger partial charge >= 0.3 is 0 Å². The van der Waals surface area contributed by atoms with Gasteiger partial charge in [-0.25, -0.2) is 4.98 Å². The monoisotopic (exact) mass is 460 g/mol. The van der Waals surface area contributed by atoms with Gasteiger partial charge in [0.25, 0.3) is 11.4 Å². The van der Waals surface area contributed by atoms with Crippen molar-refractivity contribution in [1.29, 1.82) is 0 Å². The summed E-state index contributed by atoms with van der Waals surface area (Å²) in [6.45, 7) is 8.15. The zero-order chi connectivity index (χ0) is 21.4. The van der Waals surface area contributed by atoms with E-state index in [1.54, 1.807) is 34.1 Å². The molecule has 4 rings (SSSR count). The molecule has 0 N–H and O–H groups in total. The van der Waals surface area contributed by atoms with E-state index >= 15 is 0 Å². The van der Waals surface area contributed by atoms with Crippen LogP contribution in [0.4, 0.5) is 0 Å². The maximum Gasteiger partial charge on any atom is 0.262 e. The summed E-state index contributed by atoms with van der Waals surface area (Å²) in [4.78, 5) is 20.0. The molecule has 0 saturated carbocycles. The Morgan fingerprint density at radius 3 is 2.77 bits per heavy atom. The summed E-state index contributed by atoms with van der Waals surface area (Å²) in [6, 6.07) is 7.19. The Morgan fingerprint density at radius 1 is 1.27 bits per heavy atom. The molecule has 9 heteroatoms. The van der Waals surface area contributed by atoms with Gasteiger partial charge in [0, 0.05) is 15.9 Å². The molecule has 0 saturated heterocycles. The molecule has 0 aliphatic heterocycles. The number of thiophene rings is 1. The van der Waals surface area contributed by atoms with Crippen molar-refractivity contribution in [3.05, 3.63) is 56.0 Å². The number of halogens is 1. The van der Waals surface area contributed by atoms with Gasteiger partial charge in [-0.3, -0.25) is 9.36 Å². The van der Waals surface area contributed by atoms with E-state index in [1.165, 1.54) is 22.2 Å². The van der Waals surface area contributed by atoms with Crippen molar-refractivity contribution >= 4 is 45.6 Å². The molecule has 30 heavy (non-hydrogen) atoms. The van der Waals surface area contributed by atoms with E-state index in [-0.39, 0.29) is 11.6 Å². The highest BCUT2D eigenvalue weighted by Crippen LogP contribution is 2.32. The highest BCUT2D eigenvalue weighted by molar-refractivity contribution is 7.98. The van der Waals surface area contributed by atoms with Gasteiger partial charge in [0.15, 0.2) is 5.16 Å². The molecule has 0 aliphatic carbocycles. The SMILES string of the molecule is CCc1sc(-c2nnc(CSc3nc4cc(Cl)ccc4c(=O)n3C(C)C)o2)cc1C. The molecular weight excluding hydrogens is 440 g/mol. The van der Waals surface area contributed by atoms with E-state index in [0.717, 1.165) is 11.3 Å². The van der Waals surface area contributed by atoms with Crippen LogP contribution in [0.1, 0.15) is 43.1 Å². The summed E-state index contributed by atoms with van der Waals surface area (Å²) in [5.74, 6) is 1.44. The Morgan fingerprint density at radius 2 is 2.07 bits per heavy atom. The van der Waals surface area contributed by atoms with Crippen molar-refractivity contribution in [1.82, 2.24) is 19.7 Å². The molecule has 0 atom stereocenters. The van der Waals surface area contributed by atoms with Crippen LogP contribution in [-0.2, 0) is 12.2 Å². The topological polar surface area (TPSA) is 73.8 Å². The van der Waals surface area contributed by atoms with Crippen molar-refractivity contribution in [2.45, 2.75) is 51.1 Å². The maximum absolute atomic E-state index is 13.0. The van der Waals surface area contributed by atoms with Crippen molar-refractivity contribution in [3.8, 4) is 10.8 Å². The molecule has 6 nitrogen and oxygen atoms in total. The number of aryl methyl sites for hydroxylation is 2. The van der Waals surface area contributed by atoms with E-state index < -0.39 is 0 Å². The van der Waals surface area contributed by atoms with Gasteiger partial charge in [-0.2, -0.15) is 0 Å². The average molecular weight is 461 g/mol. The minimum Gasteiger partial charge on any atom is -0.419 e. The highest BCUT2D eigenvalue weighted by atomic mass is 35.5. The second kappa shape index (κ2) is 8.53. The molecule has 0 aliphatic rings. The quantitative estimate of drug-likeness (QED) is 0.263. The minimum absolute atomic E-state index is 0.0348. The summed E-state index contributed by atoms with van der Waals surface area (Å²) in [7, 11) is 0. The normalized spacial score (nSPS) is 11.7. The Hall–Kier alpha value is -2.16. The molecule has 156 valence electrons. The van der Waals surface area contributed by atoms with Gasteiger partial charge in [0.2, 0.25) is 5.89 Å². The lowest BCUT2D eigenvalue weighted by Crippen LogP contribution is -2.25. The van der Waals surface area contributed by atoms with E-state index in [1.807, 2.05) is 13.8 Å². The van der Waals surface area contributed by atoms with Crippen LogP contribution in [0.3, 0.4) is 0 Å². The summed E-state index contributed by atoms with van der Waals surface area (Å²) >= 11 is 9.17. The van der Waals surface area contributed by atoms with E-state index in [2.05, 4.69) is 35.1 Å².